The van der Waals surface area contributed by atoms with Gasteiger partial charge in [-0.25, -0.2) is 27.4 Å². The smallest absolute Gasteiger partial charge is 0.413 e. The monoisotopic (exact) mass is 277 g/mol. The summed E-state index contributed by atoms with van der Waals surface area (Å²) in [5.74, 6) is -0.223. The Balaban J connectivity index is 5.60. The Morgan fingerprint density at radius 1 is 1.33 bits per heavy atom. The van der Waals surface area contributed by atoms with Crippen molar-refractivity contribution in [1.29, 1.82) is 0 Å². The Bertz CT molecular complexity index is 468. The lowest BCUT2D eigenvalue weighted by Crippen LogP contribution is -2.45. The van der Waals surface area contributed by atoms with Crippen LogP contribution in [0.25, 0.3) is 0 Å². The molecule has 8 heteroatoms. The second kappa shape index (κ2) is 5.85. The van der Waals surface area contributed by atoms with E-state index in [9.17, 15) is 13.2 Å². The van der Waals surface area contributed by atoms with E-state index in [0.29, 0.717) is 5.70 Å². The highest BCUT2D eigenvalue weighted by atomic mass is 32.2. The maximum Gasteiger partial charge on any atom is 0.413 e. The molecule has 0 aromatic rings. The molecule has 0 aromatic carbocycles. The zero-order valence-corrected chi connectivity index (χ0v) is 12.0. The van der Waals surface area contributed by atoms with Gasteiger partial charge in [-0.2, -0.15) is 0 Å². The molecule has 18 heavy (non-hydrogen) atoms. The predicted octanol–water partition coefficient (Wildman–Crippen LogP) is 1.01. The summed E-state index contributed by atoms with van der Waals surface area (Å²) in [6.45, 7) is 7.32. The fraction of sp³-hybridized carbons (Fsp3) is 0.600. The molecule has 0 unspecified atom stereocenters. The van der Waals surface area contributed by atoms with E-state index in [1.165, 1.54) is 14.1 Å². The van der Waals surface area contributed by atoms with Gasteiger partial charge in [-0.05, 0) is 5.92 Å². The van der Waals surface area contributed by atoms with E-state index >= 15 is 0 Å². The fourth-order valence-electron chi connectivity index (χ4n) is 0.848. The first-order valence-electron chi connectivity index (χ1n) is 5.16. The van der Waals surface area contributed by atoms with Crippen molar-refractivity contribution in [2.75, 3.05) is 20.4 Å². The third kappa shape index (κ3) is 4.36. The Kier molecular flexibility index (Phi) is 5.34. The molecule has 104 valence electrons. The number of rotatable bonds is 3. The summed E-state index contributed by atoms with van der Waals surface area (Å²) in [5, 5.41) is 8.91. The van der Waals surface area contributed by atoms with Crippen LogP contribution in [0.15, 0.2) is 17.3 Å². The van der Waals surface area contributed by atoms with Gasteiger partial charge >= 0.3 is 6.09 Å². The van der Waals surface area contributed by atoms with E-state index < -0.39 is 16.1 Å². The largest absolute Gasteiger partial charge is 0.465 e. The highest BCUT2D eigenvalue weighted by Crippen LogP contribution is 2.11. The summed E-state index contributed by atoms with van der Waals surface area (Å²) in [4.78, 5) is 15.6. The van der Waals surface area contributed by atoms with Crippen molar-refractivity contribution in [3.63, 3.8) is 0 Å². The normalized spacial score (nSPS) is 12.4. The van der Waals surface area contributed by atoms with Crippen LogP contribution in [-0.2, 0) is 10.0 Å². The molecule has 0 saturated carbocycles. The number of guanidine groups is 1. The van der Waals surface area contributed by atoms with Gasteiger partial charge in [0.1, 0.15) is 0 Å². The number of hydrogen-bond acceptors (Lipinski definition) is 4. The second-order valence-electron chi connectivity index (χ2n) is 4.13. The lowest BCUT2D eigenvalue weighted by molar-refractivity contribution is 0.173. The van der Waals surface area contributed by atoms with E-state index in [-0.39, 0.29) is 11.9 Å². The van der Waals surface area contributed by atoms with Crippen LogP contribution in [0.1, 0.15) is 13.8 Å². The molecule has 0 aliphatic rings. The van der Waals surface area contributed by atoms with Gasteiger partial charge in [0.2, 0.25) is 16.0 Å². The van der Waals surface area contributed by atoms with Crippen LogP contribution >= 0.6 is 0 Å². The van der Waals surface area contributed by atoms with Crippen LogP contribution in [0, 0.1) is 5.92 Å². The molecule has 0 saturated heterocycles. The van der Waals surface area contributed by atoms with Gasteiger partial charge in [-0.15, -0.1) is 0 Å². The highest BCUT2D eigenvalue weighted by molar-refractivity contribution is 7.88. The first-order valence-corrected chi connectivity index (χ1v) is 7.01. The van der Waals surface area contributed by atoms with Crippen molar-refractivity contribution in [2.45, 2.75) is 13.8 Å². The van der Waals surface area contributed by atoms with Crippen LogP contribution in [0.4, 0.5) is 4.79 Å². The number of aliphatic imine (C=N–C) groups is 1. The summed E-state index contributed by atoms with van der Waals surface area (Å²) in [7, 11) is -1.14. The lowest BCUT2D eigenvalue weighted by atomic mass is 10.2. The van der Waals surface area contributed by atoms with E-state index in [2.05, 4.69) is 11.6 Å². The third-order valence-corrected chi connectivity index (χ3v) is 3.43. The molecule has 0 spiro atoms. The summed E-state index contributed by atoms with van der Waals surface area (Å²) >= 11 is 0. The van der Waals surface area contributed by atoms with Gasteiger partial charge < -0.3 is 5.11 Å². The first-order chi connectivity index (χ1) is 7.98. The molecule has 0 fully saturated rings. The highest BCUT2D eigenvalue weighted by Gasteiger charge is 2.24. The number of amides is 1. The van der Waals surface area contributed by atoms with Crippen molar-refractivity contribution in [2.24, 2.45) is 10.9 Å². The van der Waals surface area contributed by atoms with Gasteiger partial charge in [0, 0.05) is 19.8 Å². The van der Waals surface area contributed by atoms with E-state index in [1.807, 2.05) is 13.8 Å². The molecular formula is C10H19N3O4S. The number of sulfonamides is 1. The summed E-state index contributed by atoms with van der Waals surface area (Å²) in [5.41, 5.74) is 0.397. The average Bonchev–Trinajstić information content (AvgIpc) is 2.21. The van der Waals surface area contributed by atoms with Crippen molar-refractivity contribution in [3.8, 4) is 0 Å². The summed E-state index contributed by atoms with van der Waals surface area (Å²) in [6.07, 6.45) is -0.336. The number of carboxylic acid groups (broad SMARTS) is 1. The number of carbonyl (C=O) groups is 1. The van der Waals surface area contributed by atoms with Crippen LogP contribution in [-0.4, -0.2) is 55.1 Å². The molecule has 0 aliphatic carbocycles. The molecule has 1 N–H and O–H groups in total. The van der Waals surface area contributed by atoms with Crippen molar-refractivity contribution < 1.29 is 18.3 Å². The molecule has 0 atom stereocenters. The average molecular weight is 277 g/mol. The molecule has 1 amide bonds. The van der Waals surface area contributed by atoms with Crippen LogP contribution in [0.3, 0.4) is 0 Å². The predicted molar refractivity (Wildman–Crippen MR) is 69.8 cm³/mol. The van der Waals surface area contributed by atoms with Crippen LogP contribution < -0.4 is 0 Å². The number of nitrogens with zero attached hydrogens (tertiary/aromatic N) is 3. The van der Waals surface area contributed by atoms with Gasteiger partial charge in [-0.3, -0.25) is 0 Å². The first kappa shape index (κ1) is 16.4. The zero-order valence-electron chi connectivity index (χ0n) is 11.2. The van der Waals surface area contributed by atoms with Crippen LogP contribution in [0.2, 0.25) is 0 Å². The molecule has 0 radical (unpaired) electrons. The molecular weight excluding hydrogens is 258 g/mol. The molecule has 7 nitrogen and oxygen atoms in total. The van der Waals surface area contributed by atoms with Gasteiger partial charge in [0.05, 0.1) is 6.26 Å². The zero-order chi connectivity index (χ0) is 14.7. The van der Waals surface area contributed by atoms with Crippen LogP contribution in [0.5, 0.6) is 0 Å². The third-order valence-electron chi connectivity index (χ3n) is 2.28. The minimum Gasteiger partial charge on any atom is -0.465 e. The molecule has 0 bridgehead atoms. The summed E-state index contributed by atoms with van der Waals surface area (Å²) < 4.78 is 23.7. The quantitative estimate of drug-likeness (QED) is 0.616. The Morgan fingerprint density at radius 3 is 2.06 bits per heavy atom. The SMILES string of the molecule is C=C(N=C(N(C)C(=O)O)N(C)S(C)(=O)=O)C(C)C. The Hall–Kier alpha value is -1.57. The molecule has 0 heterocycles. The Labute approximate surface area is 107 Å². The van der Waals surface area contributed by atoms with Gasteiger partial charge in [0.15, 0.2) is 0 Å². The van der Waals surface area contributed by atoms with Crippen molar-refractivity contribution in [1.82, 2.24) is 9.21 Å². The minimum absolute atomic E-state index is 0.0184. The fourth-order valence-corrected chi connectivity index (χ4v) is 1.31. The maximum atomic E-state index is 11.4. The summed E-state index contributed by atoms with van der Waals surface area (Å²) in [6, 6.07) is 0. The van der Waals surface area contributed by atoms with Crippen molar-refractivity contribution >= 4 is 22.1 Å². The van der Waals surface area contributed by atoms with E-state index in [1.54, 1.807) is 0 Å². The number of allylic oxidation sites excluding steroid dienone is 1. The molecule has 0 aliphatic heterocycles. The van der Waals surface area contributed by atoms with E-state index in [0.717, 1.165) is 15.5 Å². The van der Waals surface area contributed by atoms with Gasteiger partial charge in [0.25, 0.3) is 0 Å². The Morgan fingerprint density at radius 2 is 1.78 bits per heavy atom. The lowest BCUT2D eigenvalue weighted by Gasteiger charge is -2.24. The van der Waals surface area contributed by atoms with Crippen molar-refractivity contribution in [3.05, 3.63) is 12.3 Å². The molecule has 0 rings (SSSR count). The topological polar surface area (TPSA) is 90.3 Å². The minimum atomic E-state index is -3.60. The second-order valence-corrected chi connectivity index (χ2v) is 6.14. The number of hydrogen-bond donors (Lipinski definition) is 1. The van der Waals surface area contributed by atoms with Gasteiger partial charge in [-0.1, -0.05) is 20.4 Å². The van der Waals surface area contributed by atoms with E-state index in [4.69, 9.17) is 5.11 Å². The maximum absolute atomic E-state index is 11.4. The standard InChI is InChI=1S/C10H19N3O4S/c1-7(2)8(3)11-9(12(4)10(14)15)13(5)18(6,16)17/h7H,3H2,1-2,4-6H3,(H,14,15). The molecule has 0 aromatic heterocycles.